The lowest BCUT2D eigenvalue weighted by atomic mass is 9.88. The summed E-state index contributed by atoms with van der Waals surface area (Å²) in [6, 6.07) is 8.64. The summed E-state index contributed by atoms with van der Waals surface area (Å²) in [5, 5.41) is 9.30. The van der Waals surface area contributed by atoms with Crippen LogP contribution in [0.15, 0.2) is 24.3 Å². The van der Waals surface area contributed by atoms with Crippen LogP contribution in [0.2, 0.25) is 0 Å². The lowest BCUT2D eigenvalue weighted by molar-refractivity contribution is 0.100. The predicted octanol–water partition coefficient (Wildman–Crippen LogP) is 2.07. The number of methoxy groups -OCH3 is 1. The number of aliphatic hydroxyl groups excluding tert-OH is 1. The maximum atomic E-state index is 9.30. The third kappa shape index (κ3) is 2.79. The van der Waals surface area contributed by atoms with Gasteiger partial charge < -0.3 is 9.84 Å². The molecule has 1 aliphatic heterocycles. The van der Waals surface area contributed by atoms with Gasteiger partial charge in [0.25, 0.3) is 0 Å². The number of rotatable bonds is 3. The molecule has 3 nitrogen and oxygen atoms in total. The van der Waals surface area contributed by atoms with Crippen LogP contribution < -0.4 is 4.74 Å². The van der Waals surface area contributed by atoms with Crippen LogP contribution in [0.25, 0.3) is 0 Å². The Hall–Kier alpha value is -1.06. The Kier molecular flexibility index (Phi) is 4.02. The number of ether oxygens (including phenoxy) is 1. The number of likely N-dealkylation sites (tertiary alicyclic amines) is 1. The summed E-state index contributed by atoms with van der Waals surface area (Å²) in [5.74, 6) is 1.34. The van der Waals surface area contributed by atoms with Gasteiger partial charge in [0.15, 0.2) is 0 Å². The first-order valence-corrected chi connectivity index (χ1v) is 6.19. The monoisotopic (exact) mass is 235 g/mol. The fourth-order valence-corrected chi connectivity index (χ4v) is 2.56. The number of nitrogens with zero attached hydrogens (tertiary/aromatic N) is 1. The van der Waals surface area contributed by atoms with Gasteiger partial charge in [0, 0.05) is 12.6 Å². The van der Waals surface area contributed by atoms with Crippen LogP contribution in [-0.4, -0.2) is 37.3 Å². The van der Waals surface area contributed by atoms with Crippen LogP contribution in [0.1, 0.15) is 24.4 Å². The zero-order valence-corrected chi connectivity index (χ0v) is 10.6. The Morgan fingerprint density at radius 3 is 3.00 bits per heavy atom. The fraction of sp³-hybridized carbons (Fsp3) is 0.571. The van der Waals surface area contributed by atoms with Gasteiger partial charge in [-0.15, -0.1) is 0 Å². The number of aliphatic hydroxyl groups is 1. The van der Waals surface area contributed by atoms with E-state index in [0.717, 1.165) is 25.1 Å². The highest BCUT2D eigenvalue weighted by Gasteiger charge is 2.26. The fourth-order valence-electron chi connectivity index (χ4n) is 2.56. The Bertz CT molecular complexity index is 367. The normalized spacial score (nSPS) is 25.8. The molecule has 1 fully saturated rings. The molecule has 1 aromatic carbocycles. The highest BCUT2D eigenvalue weighted by Crippen LogP contribution is 2.33. The van der Waals surface area contributed by atoms with E-state index in [0.29, 0.717) is 18.6 Å². The van der Waals surface area contributed by atoms with Crippen LogP contribution in [0.5, 0.6) is 5.75 Å². The molecule has 0 saturated carbocycles. The number of benzene rings is 1. The molecule has 1 N–H and O–H groups in total. The number of piperidine rings is 1. The van der Waals surface area contributed by atoms with Crippen molar-refractivity contribution in [3.63, 3.8) is 0 Å². The molecule has 1 aromatic rings. The first kappa shape index (κ1) is 12.4. The molecule has 0 amide bonds. The molecule has 17 heavy (non-hydrogen) atoms. The Morgan fingerprint density at radius 2 is 2.29 bits per heavy atom. The van der Waals surface area contributed by atoms with Gasteiger partial charge in [0.1, 0.15) is 5.75 Å². The van der Waals surface area contributed by atoms with E-state index in [4.69, 9.17) is 4.74 Å². The minimum Gasteiger partial charge on any atom is -0.497 e. The van der Waals surface area contributed by atoms with Gasteiger partial charge in [-0.05, 0) is 50.0 Å². The minimum absolute atomic E-state index is 0.300. The first-order chi connectivity index (χ1) is 8.24. The molecule has 3 heteroatoms. The molecule has 0 bridgehead atoms. The van der Waals surface area contributed by atoms with E-state index < -0.39 is 0 Å². The smallest absolute Gasteiger partial charge is 0.119 e. The molecule has 0 aliphatic carbocycles. The number of hydrogen-bond donors (Lipinski definition) is 1. The molecule has 0 aromatic heterocycles. The van der Waals surface area contributed by atoms with Crippen molar-refractivity contribution in [1.29, 1.82) is 0 Å². The highest BCUT2D eigenvalue weighted by molar-refractivity contribution is 5.30. The quantitative estimate of drug-likeness (QED) is 0.870. The molecular formula is C14H21NO2. The molecule has 0 radical (unpaired) electrons. The topological polar surface area (TPSA) is 32.7 Å². The van der Waals surface area contributed by atoms with Crippen LogP contribution in [-0.2, 0) is 0 Å². The van der Waals surface area contributed by atoms with Gasteiger partial charge in [0.05, 0.1) is 7.11 Å². The molecular weight excluding hydrogens is 214 g/mol. The maximum absolute atomic E-state index is 9.30. The van der Waals surface area contributed by atoms with Crippen molar-refractivity contribution >= 4 is 0 Å². The van der Waals surface area contributed by atoms with E-state index in [-0.39, 0.29) is 0 Å². The van der Waals surface area contributed by atoms with Crippen LogP contribution in [0, 0.1) is 5.92 Å². The second kappa shape index (κ2) is 5.52. The summed E-state index contributed by atoms with van der Waals surface area (Å²) in [5.41, 5.74) is 1.28. The van der Waals surface area contributed by atoms with E-state index >= 15 is 0 Å². The van der Waals surface area contributed by atoms with E-state index in [1.165, 1.54) is 5.56 Å². The van der Waals surface area contributed by atoms with Gasteiger partial charge in [-0.1, -0.05) is 12.1 Å². The summed E-state index contributed by atoms with van der Waals surface area (Å²) in [4.78, 5) is 2.36. The molecule has 1 heterocycles. The highest BCUT2D eigenvalue weighted by atomic mass is 16.5. The summed E-state index contributed by atoms with van der Waals surface area (Å²) in [7, 11) is 3.85. The second-order valence-electron chi connectivity index (χ2n) is 4.85. The van der Waals surface area contributed by atoms with Crippen molar-refractivity contribution in [3.05, 3.63) is 29.8 Å². The van der Waals surface area contributed by atoms with Gasteiger partial charge in [-0.25, -0.2) is 0 Å². The number of hydrogen-bond acceptors (Lipinski definition) is 3. The SMILES string of the molecule is COc1cccc(C2CC(CO)CCN2C)c1. The van der Waals surface area contributed by atoms with E-state index in [2.05, 4.69) is 24.1 Å². The molecule has 2 unspecified atom stereocenters. The maximum Gasteiger partial charge on any atom is 0.119 e. The Balaban J connectivity index is 2.18. The lowest BCUT2D eigenvalue weighted by Gasteiger charge is -2.36. The molecule has 1 saturated heterocycles. The average molecular weight is 235 g/mol. The molecule has 1 aliphatic rings. The van der Waals surface area contributed by atoms with Crippen LogP contribution in [0.3, 0.4) is 0 Å². The van der Waals surface area contributed by atoms with Crippen molar-refractivity contribution in [2.45, 2.75) is 18.9 Å². The third-order valence-electron chi connectivity index (χ3n) is 3.72. The van der Waals surface area contributed by atoms with Crippen molar-refractivity contribution in [3.8, 4) is 5.75 Å². The summed E-state index contributed by atoms with van der Waals surface area (Å²) in [6.07, 6.45) is 2.12. The van der Waals surface area contributed by atoms with Crippen LogP contribution in [0.4, 0.5) is 0 Å². The van der Waals surface area contributed by atoms with Gasteiger partial charge >= 0.3 is 0 Å². The minimum atomic E-state index is 0.300. The zero-order valence-electron chi connectivity index (χ0n) is 10.6. The molecule has 2 rings (SSSR count). The Morgan fingerprint density at radius 1 is 1.47 bits per heavy atom. The van der Waals surface area contributed by atoms with Crippen molar-refractivity contribution < 1.29 is 9.84 Å². The third-order valence-corrected chi connectivity index (χ3v) is 3.72. The van der Waals surface area contributed by atoms with E-state index in [1.807, 2.05) is 12.1 Å². The standard InChI is InChI=1S/C14H21NO2/c1-15-7-6-11(10-16)8-14(15)12-4-3-5-13(9-12)17-2/h3-5,9,11,14,16H,6-8,10H2,1-2H3. The summed E-state index contributed by atoms with van der Waals surface area (Å²) < 4.78 is 5.27. The van der Waals surface area contributed by atoms with Gasteiger partial charge in [-0.2, -0.15) is 0 Å². The Labute approximate surface area is 103 Å². The lowest BCUT2D eigenvalue weighted by Crippen LogP contribution is -2.34. The van der Waals surface area contributed by atoms with E-state index in [1.54, 1.807) is 7.11 Å². The van der Waals surface area contributed by atoms with Gasteiger partial charge in [0.2, 0.25) is 0 Å². The van der Waals surface area contributed by atoms with Crippen molar-refractivity contribution in [2.75, 3.05) is 27.3 Å². The van der Waals surface area contributed by atoms with Crippen molar-refractivity contribution in [1.82, 2.24) is 4.90 Å². The van der Waals surface area contributed by atoms with E-state index in [9.17, 15) is 5.11 Å². The first-order valence-electron chi connectivity index (χ1n) is 6.19. The van der Waals surface area contributed by atoms with Crippen molar-refractivity contribution in [2.24, 2.45) is 5.92 Å². The average Bonchev–Trinajstić information content (AvgIpc) is 2.39. The molecule has 94 valence electrons. The van der Waals surface area contributed by atoms with Crippen LogP contribution >= 0.6 is 0 Å². The largest absolute Gasteiger partial charge is 0.497 e. The zero-order chi connectivity index (χ0) is 12.3. The molecule has 2 atom stereocenters. The van der Waals surface area contributed by atoms with Gasteiger partial charge in [-0.3, -0.25) is 4.90 Å². The summed E-state index contributed by atoms with van der Waals surface area (Å²) in [6.45, 7) is 1.35. The predicted molar refractivity (Wildman–Crippen MR) is 68.2 cm³/mol. The molecule has 0 spiro atoms. The second-order valence-corrected chi connectivity index (χ2v) is 4.85. The summed E-state index contributed by atoms with van der Waals surface area (Å²) >= 11 is 0.